The Labute approximate surface area is 176 Å². The number of ether oxygens (including phenoxy) is 1. The summed E-state index contributed by atoms with van der Waals surface area (Å²) >= 11 is 0. The molecular formula is C18H27IN6O2. The minimum atomic E-state index is -0.121. The molecule has 0 aliphatic carbocycles. The Morgan fingerprint density at radius 1 is 1.37 bits per heavy atom. The third kappa shape index (κ3) is 8.39. The highest BCUT2D eigenvalue weighted by Crippen LogP contribution is 2.10. The lowest BCUT2D eigenvalue weighted by molar-refractivity contribution is -0.116. The number of carbonyl (C=O) groups excluding carboxylic acids is 1. The maximum Gasteiger partial charge on any atom is 0.246 e. The Bertz CT molecular complexity index is 720. The van der Waals surface area contributed by atoms with E-state index in [9.17, 15) is 4.79 Å². The summed E-state index contributed by atoms with van der Waals surface area (Å²) in [6, 6.07) is 9.62. The summed E-state index contributed by atoms with van der Waals surface area (Å²) in [6.07, 6.45) is 3.40. The van der Waals surface area contributed by atoms with Crippen LogP contribution in [0.1, 0.15) is 12.5 Å². The van der Waals surface area contributed by atoms with Crippen LogP contribution < -0.4 is 16.0 Å². The molecule has 0 aliphatic heterocycles. The van der Waals surface area contributed by atoms with Crippen molar-refractivity contribution in [1.82, 2.24) is 20.4 Å². The first-order chi connectivity index (χ1) is 12.6. The first-order valence-electron chi connectivity index (χ1n) is 8.43. The Hall–Kier alpha value is -2.14. The molecule has 0 fully saturated rings. The zero-order valence-electron chi connectivity index (χ0n) is 15.8. The molecule has 0 radical (unpaired) electrons. The molecule has 2 rings (SSSR count). The van der Waals surface area contributed by atoms with Gasteiger partial charge in [0.1, 0.15) is 6.54 Å². The third-order valence-electron chi connectivity index (χ3n) is 3.56. The van der Waals surface area contributed by atoms with Gasteiger partial charge in [-0.25, -0.2) is 0 Å². The molecule has 1 amide bonds. The van der Waals surface area contributed by atoms with Crippen molar-refractivity contribution in [1.29, 1.82) is 0 Å². The molecule has 0 spiro atoms. The lowest BCUT2D eigenvalue weighted by Gasteiger charge is -2.17. The number of hydrogen-bond donors (Lipinski definition) is 3. The molecular weight excluding hydrogens is 459 g/mol. The van der Waals surface area contributed by atoms with Gasteiger partial charge in [0.05, 0.1) is 6.61 Å². The molecule has 2 aromatic rings. The standard InChI is InChI=1S/C18H26N6O2.HI/c1-14(13-26-3)22-18(19-2)20-11-15-6-4-7-16(10-15)23-17(25)12-24-9-5-8-21-24;/h4-10,14H,11-13H2,1-3H3,(H,23,25)(H2,19,20,22);1H. The van der Waals surface area contributed by atoms with Crippen LogP contribution in [0.3, 0.4) is 0 Å². The van der Waals surface area contributed by atoms with E-state index in [0.29, 0.717) is 19.1 Å². The van der Waals surface area contributed by atoms with Crippen molar-refractivity contribution in [3.05, 3.63) is 48.3 Å². The van der Waals surface area contributed by atoms with E-state index in [1.165, 1.54) is 0 Å². The fraction of sp³-hybridized carbons (Fsp3) is 0.389. The van der Waals surface area contributed by atoms with Gasteiger partial charge in [0.15, 0.2) is 5.96 Å². The minimum absolute atomic E-state index is 0. The summed E-state index contributed by atoms with van der Waals surface area (Å²) in [5, 5.41) is 13.4. The molecule has 9 heteroatoms. The zero-order valence-corrected chi connectivity index (χ0v) is 18.1. The number of hydrogen-bond acceptors (Lipinski definition) is 4. The average molecular weight is 486 g/mol. The lowest BCUT2D eigenvalue weighted by atomic mass is 10.2. The number of halogens is 1. The normalized spacial score (nSPS) is 12.0. The van der Waals surface area contributed by atoms with Crippen molar-refractivity contribution in [2.45, 2.75) is 26.1 Å². The van der Waals surface area contributed by atoms with E-state index >= 15 is 0 Å². The van der Waals surface area contributed by atoms with E-state index in [2.05, 4.69) is 26.0 Å². The van der Waals surface area contributed by atoms with Crippen LogP contribution >= 0.6 is 24.0 Å². The number of carbonyl (C=O) groups is 1. The Kier molecular flexibility index (Phi) is 10.4. The number of aromatic nitrogens is 2. The summed E-state index contributed by atoms with van der Waals surface area (Å²) in [5.74, 6) is 0.576. The second-order valence-corrected chi connectivity index (χ2v) is 5.88. The molecule has 1 atom stereocenters. The van der Waals surface area contributed by atoms with Crippen molar-refractivity contribution in [3.8, 4) is 0 Å². The monoisotopic (exact) mass is 486 g/mol. The quantitative estimate of drug-likeness (QED) is 0.301. The predicted octanol–water partition coefficient (Wildman–Crippen LogP) is 1.84. The second-order valence-electron chi connectivity index (χ2n) is 5.88. The van der Waals surface area contributed by atoms with Crippen LogP contribution in [0.25, 0.3) is 0 Å². The molecule has 0 bridgehead atoms. The first kappa shape index (κ1) is 22.9. The second kappa shape index (κ2) is 12.3. The molecule has 0 aliphatic rings. The van der Waals surface area contributed by atoms with Crippen molar-refractivity contribution in [2.24, 2.45) is 4.99 Å². The van der Waals surface area contributed by atoms with Crippen molar-refractivity contribution >= 4 is 41.5 Å². The van der Waals surface area contributed by atoms with Crippen molar-refractivity contribution < 1.29 is 9.53 Å². The van der Waals surface area contributed by atoms with Gasteiger partial charge in [0.25, 0.3) is 0 Å². The number of methoxy groups -OCH3 is 1. The first-order valence-corrected chi connectivity index (χ1v) is 8.43. The van der Waals surface area contributed by atoms with Gasteiger partial charge in [-0.15, -0.1) is 24.0 Å². The van der Waals surface area contributed by atoms with Gasteiger partial charge in [-0.2, -0.15) is 5.10 Å². The smallest absolute Gasteiger partial charge is 0.246 e. The predicted molar refractivity (Wildman–Crippen MR) is 117 cm³/mol. The van der Waals surface area contributed by atoms with Gasteiger partial charge >= 0.3 is 0 Å². The number of rotatable bonds is 8. The molecule has 0 saturated heterocycles. The number of anilines is 1. The van der Waals surface area contributed by atoms with Crippen LogP contribution in [-0.2, 0) is 22.6 Å². The highest BCUT2D eigenvalue weighted by Gasteiger charge is 2.06. The number of nitrogens with zero attached hydrogens (tertiary/aromatic N) is 3. The maximum absolute atomic E-state index is 12.1. The average Bonchev–Trinajstić information content (AvgIpc) is 3.12. The molecule has 27 heavy (non-hydrogen) atoms. The highest BCUT2D eigenvalue weighted by atomic mass is 127. The number of amides is 1. The molecule has 8 nitrogen and oxygen atoms in total. The fourth-order valence-corrected chi connectivity index (χ4v) is 2.41. The largest absolute Gasteiger partial charge is 0.383 e. The van der Waals surface area contributed by atoms with Gasteiger partial charge in [0, 0.05) is 44.8 Å². The van der Waals surface area contributed by atoms with Crippen LogP contribution in [0.2, 0.25) is 0 Å². The minimum Gasteiger partial charge on any atom is -0.383 e. The number of aliphatic imine (C=N–C) groups is 1. The number of benzene rings is 1. The number of guanidine groups is 1. The van der Waals surface area contributed by atoms with Gasteiger partial charge in [-0.1, -0.05) is 12.1 Å². The Balaban J connectivity index is 0.00000364. The van der Waals surface area contributed by atoms with Crippen LogP contribution in [-0.4, -0.2) is 48.5 Å². The van der Waals surface area contributed by atoms with Crippen molar-refractivity contribution in [3.63, 3.8) is 0 Å². The SMILES string of the molecule is CN=C(NCc1cccc(NC(=O)Cn2cccn2)c1)NC(C)COC.I. The summed E-state index contributed by atoms with van der Waals surface area (Å²) in [5.41, 5.74) is 1.78. The maximum atomic E-state index is 12.1. The van der Waals surface area contributed by atoms with Gasteiger partial charge < -0.3 is 20.7 Å². The summed E-state index contributed by atoms with van der Waals surface area (Å²) < 4.78 is 6.69. The molecule has 148 valence electrons. The Morgan fingerprint density at radius 3 is 2.85 bits per heavy atom. The van der Waals surface area contributed by atoms with Crippen molar-refractivity contribution in [2.75, 3.05) is 26.1 Å². The molecule has 1 unspecified atom stereocenters. The Morgan fingerprint density at radius 2 is 2.19 bits per heavy atom. The van der Waals surface area contributed by atoms with Crippen LogP contribution in [0.4, 0.5) is 5.69 Å². The van der Waals surface area contributed by atoms with Gasteiger partial charge in [-0.3, -0.25) is 14.5 Å². The summed E-state index contributed by atoms with van der Waals surface area (Å²) in [4.78, 5) is 16.3. The molecule has 1 heterocycles. The highest BCUT2D eigenvalue weighted by molar-refractivity contribution is 14.0. The topological polar surface area (TPSA) is 92.6 Å². The van der Waals surface area contributed by atoms with Crippen LogP contribution in [0.15, 0.2) is 47.7 Å². The van der Waals surface area contributed by atoms with Gasteiger partial charge in [-0.05, 0) is 30.7 Å². The van der Waals surface area contributed by atoms with E-state index in [4.69, 9.17) is 4.74 Å². The van der Waals surface area contributed by atoms with Gasteiger partial charge in [0.2, 0.25) is 5.91 Å². The molecule has 3 N–H and O–H groups in total. The van der Waals surface area contributed by atoms with E-state index < -0.39 is 0 Å². The number of nitrogens with one attached hydrogen (secondary N) is 3. The molecule has 1 aromatic carbocycles. The van der Waals surface area contributed by atoms with E-state index in [0.717, 1.165) is 11.3 Å². The van der Waals surface area contributed by atoms with Crippen LogP contribution in [0.5, 0.6) is 0 Å². The summed E-state index contributed by atoms with van der Waals surface area (Å²) in [6.45, 7) is 3.39. The fourth-order valence-electron chi connectivity index (χ4n) is 2.41. The van der Waals surface area contributed by atoms with E-state index in [1.807, 2.05) is 31.2 Å². The van der Waals surface area contributed by atoms with E-state index in [-0.39, 0.29) is 42.5 Å². The summed E-state index contributed by atoms with van der Waals surface area (Å²) in [7, 11) is 3.39. The molecule has 1 aromatic heterocycles. The van der Waals surface area contributed by atoms with Crippen LogP contribution in [0, 0.1) is 0 Å². The third-order valence-corrected chi connectivity index (χ3v) is 3.56. The molecule has 0 saturated carbocycles. The lowest BCUT2D eigenvalue weighted by Crippen LogP contribution is -2.43. The zero-order chi connectivity index (χ0) is 18.8. The van der Waals surface area contributed by atoms with E-state index in [1.54, 1.807) is 37.3 Å².